The number of hydrogen-bond donors (Lipinski definition) is 1. The maximum atomic E-state index is 13.4. The van der Waals surface area contributed by atoms with E-state index in [0.717, 1.165) is 32.2 Å². The number of carbonyl (C=O) groups excluding carboxylic acids is 2. The zero-order valence-corrected chi connectivity index (χ0v) is 22.5. The molecule has 0 fully saturated rings. The number of ether oxygens (including phenoxy) is 1. The summed E-state index contributed by atoms with van der Waals surface area (Å²) in [6.45, 7) is 4.69. The minimum absolute atomic E-state index is 0.150. The maximum absolute atomic E-state index is 13.4. The van der Waals surface area contributed by atoms with Gasteiger partial charge in [-0.2, -0.15) is 0 Å². The van der Waals surface area contributed by atoms with E-state index in [9.17, 15) is 9.59 Å². The van der Waals surface area contributed by atoms with Gasteiger partial charge in [0.1, 0.15) is 0 Å². The van der Waals surface area contributed by atoms with Crippen molar-refractivity contribution >= 4 is 29.4 Å². The Kier molecular flexibility index (Phi) is 9.59. The Balaban J connectivity index is 1.48. The average Bonchev–Trinajstić information content (AvgIpc) is 2.95. The molecule has 0 saturated heterocycles. The SMILES string of the molecule is CCOC(=O)Cc1ccc(Sc2ccc(N(C(=O)NCc3ccccc3)C(C)c3ccccc3)cc2)cc1. The predicted octanol–water partition coefficient (Wildman–Crippen LogP) is 7.42. The van der Waals surface area contributed by atoms with Crippen LogP contribution < -0.4 is 10.2 Å². The van der Waals surface area contributed by atoms with Crippen LogP contribution in [0, 0.1) is 0 Å². The number of nitrogens with zero attached hydrogens (tertiary/aromatic N) is 1. The first kappa shape index (κ1) is 27.0. The van der Waals surface area contributed by atoms with E-state index < -0.39 is 0 Å². The van der Waals surface area contributed by atoms with Crippen LogP contribution in [0.1, 0.15) is 36.6 Å². The van der Waals surface area contributed by atoms with Crippen LogP contribution in [0.5, 0.6) is 0 Å². The molecule has 0 heterocycles. The van der Waals surface area contributed by atoms with Crippen LogP contribution in [0.4, 0.5) is 10.5 Å². The van der Waals surface area contributed by atoms with Crippen molar-refractivity contribution in [1.82, 2.24) is 5.32 Å². The highest BCUT2D eigenvalue weighted by Gasteiger charge is 2.23. The van der Waals surface area contributed by atoms with E-state index in [0.29, 0.717) is 13.2 Å². The van der Waals surface area contributed by atoms with Gasteiger partial charge >= 0.3 is 12.0 Å². The lowest BCUT2D eigenvalue weighted by atomic mass is 10.1. The molecule has 0 saturated carbocycles. The fourth-order valence-electron chi connectivity index (χ4n) is 4.12. The highest BCUT2D eigenvalue weighted by Crippen LogP contribution is 2.32. The van der Waals surface area contributed by atoms with Crippen LogP contribution in [0.2, 0.25) is 0 Å². The Hall–Kier alpha value is -4.03. The van der Waals surface area contributed by atoms with Crippen LogP contribution in [0.25, 0.3) is 0 Å². The number of benzene rings is 4. The molecule has 0 radical (unpaired) electrons. The summed E-state index contributed by atoms with van der Waals surface area (Å²) in [5.41, 5.74) is 3.85. The minimum Gasteiger partial charge on any atom is -0.466 e. The summed E-state index contributed by atoms with van der Waals surface area (Å²) in [4.78, 5) is 29.1. The molecule has 4 rings (SSSR count). The zero-order chi connectivity index (χ0) is 26.7. The van der Waals surface area contributed by atoms with Gasteiger partial charge in [0.25, 0.3) is 0 Å². The molecule has 1 atom stereocenters. The van der Waals surface area contributed by atoms with Crippen molar-refractivity contribution in [2.24, 2.45) is 0 Å². The summed E-state index contributed by atoms with van der Waals surface area (Å²) in [6, 6.07) is 35.6. The molecular formula is C32H32N2O3S. The van der Waals surface area contributed by atoms with Gasteiger partial charge in [-0.05, 0) is 66.9 Å². The summed E-state index contributed by atoms with van der Waals surface area (Å²) in [7, 11) is 0. The molecule has 6 heteroatoms. The average molecular weight is 525 g/mol. The van der Waals surface area contributed by atoms with E-state index in [1.54, 1.807) is 16.7 Å². The van der Waals surface area contributed by atoms with Crippen molar-refractivity contribution in [1.29, 1.82) is 0 Å². The largest absolute Gasteiger partial charge is 0.466 e. The molecular weight excluding hydrogens is 492 g/mol. The third-order valence-corrected chi connectivity index (χ3v) is 7.12. The summed E-state index contributed by atoms with van der Waals surface area (Å²) in [5.74, 6) is -0.217. The van der Waals surface area contributed by atoms with E-state index >= 15 is 0 Å². The first-order valence-electron chi connectivity index (χ1n) is 12.7. The molecule has 0 aliphatic carbocycles. The maximum Gasteiger partial charge on any atom is 0.322 e. The molecule has 2 amide bonds. The van der Waals surface area contributed by atoms with Crippen LogP contribution >= 0.6 is 11.8 Å². The molecule has 4 aromatic carbocycles. The van der Waals surface area contributed by atoms with Gasteiger partial charge in [-0.1, -0.05) is 84.6 Å². The first-order chi connectivity index (χ1) is 18.5. The van der Waals surface area contributed by atoms with Crippen molar-refractivity contribution in [3.8, 4) is 0 Å². The predicted molar refractivity (Wildman–Crippen MR) is 153 cm³/mol. The molecule has 4 aromatic rings. The van der Waals surface area contributed by atoms with Crippen LogP contribution in [0.15, 0.2) is 119 Å². The zero-order valence-electron chi connectivity index (χ0n) is 21.7. The molecule has 5 nitrogen and oxygen atoms in total. The number of nitrogens with one attached hydrogen (secondary N) is 1. The Labute approximate surface area is 228 Å². The molecule has 0 spiro atoms. The number of urea groups is 1. The Morgan fingerprint density at radius 3 is 1.97 bits per heavy atom. The van der Waals surface area contributed by atoms with Crippen molar-refractivity contribution in [2.45, 2.75) is 42.6 Å². The van der Waals surface area contributed by atoms with E-state index in [2.05, 4.69) is 5.32 Å². The van der Waals surface area contributed by atoms with Crippen molar-refractivity contribution in [2.75, 3.05) is 11.5 Å². The Morgan fingerprint density at radius 1 is 0.789 bits per heavy atom. The van der Waals surface area contributed by atoms with E-state index in [1.165, 1.54) is 0 Å². The molecule has 194 valence electrons. The fraction of sp³-hybridized carbons (Fsp3) is 0.188. The minimum atomic E-state index is -0.217. The second kappa shape index (κ2) is 13.5. The lowest BCUT2D eigenvalue weighted by Gasteiger charge is -2.30. The van der Waals surface area contributed by atoms with Gasteiger partial charge in [0, 0.05) is 22.0 Å². The molecule has 1 unspecified atom stereocenters. The first-order valence-corrected chi connectivity index (χ1v) is 13.5. The van der Waals surface area contributed by atoms with Gasteiger partial charge in [0.15, 0.2) is 0 Å². The molecule has 0 aromatic heterocycles. The van der Waals surface area contributed by atoms with Gasteiger partial charge in [-0.25, -0.2) is 4.79 Å². The van der Waals surface area contributed by atoms with Crippen molar-refractivity contribution < 1.29 is 14.3 Å². The van der Waals surface area contributed by atoms with Gasteiger partial charge in [-0.3, -0.25) is 9.69 Å². The smallest absolute Gasteiger partial charge is 0.322 e. The number of anilines is 1. The molecule has 0 aliphatic heterocycles. The van der Waals surface area contributed by atoms with Crippen molar-refractivity contribution in [3.63, 3.8) is 0 Å². The highest BCUT2D eigenvalue weighted by molar-refractivity contribution is 7.99. The number of amides is 2. The normalized spacial score (nSPS) is 11.4. The Morgan fingerprint density at radius 2 is 1.37 bits per heavy atom. The third-order valence-electron chi connectivity index (χ3n) is 6.10. The number of hydrogen-bond acceptors (Lipinski definition) is 4. The van der Waals surface area contributed by atoms with E-state index in [1.807, 2.05) is 123 Å². The second-order valence-electron chi connectivity index (χ2n) is 8.82. The number of carbonyl (C=O) groups is 2. The lowest BCUT2D eigenvalue weighted by molar-refractivity contribution is -0.142. The fourth-order valence-corrected chi connectivity index (χ4v) is 4.94. The lowest BCUT2D eigenvalue weighted by Crippen LogP contribution is -2.41. The topological polar surface area (TPSA) is 58.6 Å². The van der Waals surface area contributed by atoms with Gasteiger partial charge in [0.05, 0.1) is 19.1 Å². The number of rotatable bonds is 10. The van der Waals surface area contributed by atoms with Gasteiger partial charge in [-0.15, -0.1) is 0 Å². The van der Waals surface area contributed by atoms with E-state index in [-0.39, 0.29) is 24.5 Å². The van der Waals surface area contributed by atoms with Crippen molar-refractivity contribution in [3.05, 3.63) is 126 Å². The van der Waals surface area contributed by atoms with Gasteiger partial charge < -0.3 is 10.1 Å². The van der Waals surface area contributed by atoms with Gasteiger partial charge in [0.2, 0.25) is 0 Å². The monoisotopic (exact) mass is 524 g/mol. The summed E-state index contributed by atoms with van der Waals surface area (Å²) >= 11 is 1.63. The van der Waals surface area contributed by atoms with Crippen LogP contribution in [-0.4, -0.2) is 18.6 Å². The third kappa shape index (κ3) is 7.49. The quantitative estimate of drug-likeness (QED) is 0.219. The molecule has 38 heavy (non-hydrogen) atoms. The second-order valence-corrected chi connectivity index (χ2v) is 9.97. The summed E-state index contributed by atoms with van der Waals surface area (Å²) in [6.07, 6.45) is 0.273. The molecule has 0 bridgehead atoms. The van der Waals surface area contributed by atoms with Crippen LogP contribution in [0.3, 0.4) is 0 Å². The summed E-state index contributed by atoms with van der Waals surface area (Å²) in [5, 5.41) is 3.08. The Bertz CT molecular complexity index is 1310. The molecule has 1 N–H and O–H groups in total. The van der Waals surface area contributed by atoms with Crippen LogP contribution in [-0.2, 0) is 22.5 Å². The molecule has 0 aliphatic rings. The highest BCUT2D eigenvalue weighted by atomic mass is 32.2. The van der Waals surface area contributed by atoms with E-state index in [4.69, 9.17) is 4.74 Å². The summed E-state index contributed by atoms with van der Waals surface area (Å²) < 4.78 is 5.03. The standard InChI is InChI=1S/C32H32N2O3S/c1-3-37-31(35)22-25-14-18-29(19-15-25)38-30-20-16-28(17-21-30)34(24(2)27-12-8-5-9-13-27)32(36)33-23-26-10-6-4-7-11-26/h4-21,24H,3,22-23H2,1-2H3,(H,33,36). The number of esters is 1.